The molecule has 5 nitrogen and oxygen atoms in total. The molecule has 0 aliphatic heterocycles. The van der Waals surface area contributed by atoms with Crippen molar-refractivity contribution in [3.8, 4) is 0 Å². The van der Waals surface area contributed by atoms with Crippen LogP contribution in [-0.4, -0.2) is 25.4 Å². The Bertz CT molecular complexity index is 585. The predicted molar refractivity (Wildman–Crippen MR) is 57.2 cm³/mol. The van der Waals surface area contributed by atoms with Crippen LogP contribution in [0.25, 0.3) is 5.78 Å². The van der Waals surface area contributed by atoms with Gasteiger partial charge in [-0.05, 0) is 11.8 Å². The van der Waals surface area contributed by atoms with Gasteiger partial charge in [0.2, 0.25) is 0 Å². The van der Waals surface area contributed by atoms with Gasteiger partial charge in [0.25, 0.3) is 5.78 Å². The van der Waals surface area contributed by atoms with E-state index in [9.17, 15) is 4.79 Å². The molecule has 1 aliphatic carbocycles. The summed E-state index contributed by atoms with van der Waals surface area (Å²) < 4.78 is 1.67. The molecule has 82 valence electrons. The van der Waals surface area contributed by atoms with Crippen molar-refractivity contribution >= 4 is 11.6 Å². The number of ketones is 1. The number of rotatable bonds is 0. The van der Waals surface area contributed by atoms with Gasteiger partial charge in [0.1, 0.15) is 6.33 Å². The molecule has 2 aromatic heterocycles. The SMILES string of the molecule is CC1(C)CC(=O)c2cnc3ncnn3c2C1. The van der Waals surface area contributed by atoms with Crippen molar-refractivity contribution in [2.24, 2.45) is 5.41 Å². The Hall–Kier alpha value is -1.78. The highest BCUT2D eigenvalue weighted by atomic mass is 16.1. The second-order valence-electron chi connectivity index (χ2n) is 5.03. The highest BCUT2D eigenvalue weighted by Gasteiger charge is 2.33. The molecular weight excluding hydrogens is 204 g/mol. The molecule has 0 radical (unpaired) electrons. The third-order valence-corrected chi connectivity index (χ3v) is 2.99. The molecule has 0 bridgehead atoms. The number of fused-ring (bicyclic) bond motifs is 3. The van der Waals surface area contributed by atoms with Crippen molar-refractivity contribution in [3.63, 3.8) is 0 Å². The Morgan fingerprint density at radius 2 is 2.12 bits per heavy atom. The van der Waals surface area contributed by atoms with Gasteiger partial charge < -0.3 is 0 Å². The molecule has 16 heavy (non-hydrogen) atoms. The van der Waals surface area contributed by atoms with Crippen LogP contribution >= 0.6 is 0 Å². The summed E-state index contributed by atoms with van der Waals surface area (Å²) in [7, 11) is 0. The average molecular weight is 216 g/mol. The van der Waals surface area contributed by atoms with Crippen molar-refractivity contribution in [1.29, 1.82) is 0 Å². The third kappa shape index (κ3) is 1.24. The molecule has 0 atom stereocenters. The van der Waals surface area contributed by atoms with Crippen LogP contribution in [0, 0.1) is 5.41 Å². The van der Waals surface area contributed by atoms with E-state index < -0.39 is 0 Å². The Kier molecular flexibility index (Phi) is 1.70. The summed E-state index contributed by atoms with van der Waals surface area (Å²) in [6.45, 7) is 4.19. The van der Waals surface area contributed by atoms with Gasteiger partial charge in [0.15, 0.2) is 5.78 Å². The van der Waals surface area contributed by atoms with Crippen LogP contribution in [0.15, 0.2) is 12.5 Å². The van der Waals surface area contributed by atoms with Gasteiger partial charge in [-0.1, -0.05) is 13.8 Å². The van der Waals surface area contributed by atoms with E-state index in [4.69, 9.17) is 0 Å². The molecule has 2 aromatic rings. The standard InChI is InChI=1S/C11H12N4O/c1-11(2)3-8-7(9(16)4-11)5-12-10-13-6-14-15(8)10/h5-6H,3-4H2,1-2H3. The number of nitrogens with zero attached hydrogens (tertiary/aromatic N) is 4. The van der Waals surface area contributed by atoms with Crippen molar-refractivity contribution in [2.45, 2.75) is 26.7 Å². The zero-order chi connectivity index (χ0) is 11.3. The van der Waals surface area contributed by atoms with E-state index in [0.29, 0.717) is 17.8 Å². The molecule has 0 amide bonds. The number of hydrogen-bond acceptors (Lipinski definition) is 4. The lowest BCUT2D eigenvalue weighted by Gasteiger charge is -2.29. The fourth-order valence-electron chi connectivity index (χ4n) is 2.27. The molecule has 0 unspecified atom stereocenters. The minimum absolute atomic E-state index is 0.00961. The molecule has 5 heteroatoms. The fraction of sp³-hybridized carbons (Fsp3) is 0.455. The molecule has 0 spiro atoms. The molecule has 1 aliphatic rings. The Balaban J connectivity index is 2.31. The molecule has 3 rings (SSSR count). The molecule has 0 fully saturated rings. The maximum absolute atomic E-state index is 12.0. The monoisotopic (exact) mass is 216 g/mol. The summed E-state index contributed by atoms with van der Waals surface area (Å²) in [6, 6.07) is 0. The molecule has 2 heterocycles. The quantitative estimate of drug-likeness (QED) is 0.665. The van der Waals surface area contributed by atoms with Crippen LogP contribution in [0.1, 0.15) is 36.3 Å². The second kappa shape index (κ2) is 2.87. The topological polar surface area (TPSA) is 60.2 Å². The molecule has 0 saturated heterocycles. The van der Waals surface area contributed by atoms with Crippen LogP contribution in [0.4, 0.5) is 0 Å². The van der Waals surface area contributed by atoms with Crippen molar-refractivity contribution in [1.82, 2.24) is 19.6 Å². The number of hydrogen-bond donors (Lipinski definition) is 0. The van der Waals surface area contributed by atoms with Crippen LogP contribution in [0.5, 0.6) is 0 Å². The summed E-state index contributed by atoms with van der Waals surface area (Å²) in [4.78, 5) is 20.1. The first-order valence-corrected chi connectivity index (χ1v) is 5.28. The second-order valence-corrected chi connectivity index (χ2v) is 5.03. The Labute approximate surface area is 92.5 Å². The maximum Gasteiger partial charge on any atom is 0.252 e. The van der Waals surface area contributed by atoms with Gasteiger partial charge in [-0.15, -0.1) is 0 Å². The minimum atomic E-state index is -0.00961. The minimum Gasteiger partial charge on any atom is -0.294 e. The predicted octanol–water partition coefficient (Wildman–Crippen LogP) is 1.28. The Morgan fingerprint density at radius 1 is 1.31 bits per heavy atom. The number of Topliss-reactive ketones (excluding diaryl/α,β-unsaturated/α-hetero) is 1. The van der Waals surface area contributed by atoms with Gasteiger partial charge in [-0.3, -0.25) is 4.79 Å². The van der Waals surface area contributed by atoms with Crippen molar-refractivity contribution in [2.75, 3.05) is 0 Å². The lowest BCUT2D eigenvalue weighted by Crippen LogP contribution is -2.29. The zero-order valence-electron chi connectivity index (χ0n) is 9.27. The summed E-state index contributed by atoms with van der Waals surface area (Å²) in [5, 5.41) is 4.12. The third-order valence-electron chi connectivity index (χ3n) is 2.99. The van der Waals surface area contributed by atoms with Gasteiger partial charge >= 0.3 is 0 Å². The average Bonchev–Trinajstić information content (AvgIpc) is 2.63. The van der Waals surface area contributed by atoms with Crippen LogP contribution < -0.4 is 0 Å². The first-order valence-electron chi connectivity index (χ1n) is 5.28. The zero-order valence-corrected chi connectivity index (χ0v) is 9.27. The van der Waals surface area contributed by atoms with E-state index in [-0.39, 0.29) is 11.2 Å². The van der Waals surface area contributed by atoms with Gasteiger partial charge in [-0.25, -0.2) is 9.50 Å². The lowest BCUT2D eigenvalue weighted by atomic mass is 9.76. The van der Waals surface area contributed by atoms with Gasteiger partial charge in [0.05, 0.1) is 11.3 Å². The van der Waals surface area contributed by atoms with Gasteiger partial charge in [-0.2, -0.15) is 10.1 Å². The summed E-state index contributed by atoms with van der Waals surface area (Å²) in [6.07, 6.45) is 4.49. The first-order chi connectivity index (χ1) is 7.57. The largest absolute Gasteiger partial charge is 0.294 e. The van der Waals surface area contributed by atoms with Gasteiger partial charge in [0, 0.05) is 12.6 Å². The van der Waals surface area contributed by atoms with E-state index in [2.05, 4.69) is 28.9 Å². The maximum atomic E-state index is 12.0. The number of carbonyl (C=O) groups excluding carboxylic acids is 1. The van der Waals surface area contributed by atoms with Crippen LogP contribution in [-0.2, 0) is 6.42 Å². The molecule has 0 N–H and O–H groups in total. The van der Waals surface area contributed by atoms with E-state index >= 15 is 0 Å². The summed E-state index contributed by atoms with van der Waals surface area (Å²) in [5.41, 5.74) is 1.62. The molecule has 0 aromatic carbocycles. The first kappa shape index (κ1) is 9.45. The molecular formula is C11H12N4O. The smallest absolute Gasteiger partial charge is 0.252 e. The van der Waals surface area contributed by atoms with Crippen LogP contribution in [0.3, 0.4) is 0 Å². The van der Waals surface area contributed by atoms with E-state index in [1.165, 1.54) is 6.33 Å². The lowest BCUT2D eigenvalue weighted by molar-refractivity contribution is 0.0908. The fourth-order valence-corrected chi connectivity index (χ4v) is 2.27. The van der Waals surface area contributed by atoms with E-state index in [1.54, 1.807) is 10.7 Å². The molecule has 0 saturated carbocycles. The summed E-state index contributed by atoms with van der Waals surface area (Å²) >= 11 is 0. The van der Waals surface area contributed by atoms with E-state index in [1.807, 2.05) is 0 Å². The normalized spacial score (nSPS) is 18.8. The number of carbonyl (C=O) groups is 1. The Morgan fingerprint density at radius 3 is 2.94 bits per heavy atom. The van der Waals surface area contributed by atoms with Crippen LogP contribution in [0.2, 0.25) is 0 Å². The highest BCUT2D eigenvalue weighted by molar-refractivity contribution is 5.98. The van der Waals surface area contributed by atoms with E-state index in [0.717, 1.165) is 12.1 Å². The highest BCUT2D eigenvalue weighted by Crippen LogP contribution is 2.33. The van der Waals surface area contributed by atoms with Crippen molar-refractivity contribution < 1.29 is 4.79 Å². The van der Waals surface area contributed by atoms with Crippen molar-refractivity contribution in [3.05, 3.63) is 23.8 Å². The number of aromatic nitrogens is 4. The summed E-state index contributed by atoms with van der Waals surface area (Å²) in [5.74, 6) is 0.709.